The Bertz CT molecular complexity index is 1300. The van der Waals surface area contributed by atoms with E-state index < -0.39 is 5.97 Å². The summed E-state index contributed by atoms with van der Waals surface area (Å²) < 4.78 is 1.91. The van der Waals surface area contributed by atoms with Crippen LogP contribution in [0.4, 0.5) is 5.82 Å². The fourth-order valence-electron chi connectivity index (χ4n) is 6.13. The first-order valence-electron chi connectivity index (χ1n) is 13.1. The lowest BCUT2D eigenvalue weighted by Crippen LogP contribution is -2.53. The van der Waals surface area contributed by atoms with Gasteiger partial charge < -0.3 is 10.0 Å². The molecule has 8 nitrogen and oxygen atoms in total. The standard InChI is InChI=1S/C27H34Cl2N6O2/c1-16-14-34(10-8-23(16)33-9-4-5-19(15-33)11-25(36)37)24-13-30-26-17(2)32-35(27(26)31-24)18(3)21-7-6-20(28)12-22(21)29/h6-7,12-13,16,18-19,23H,4-5,8-11,14-15H2,1-3H3,(H,36,37)/t16-,18?,19?,23+/m1/s1. The highest BCUT2D eigenvalue weighted by Crippen LogP contribution is 2.33. The van der Waals surface area contributed by atoms with E-state index in [0.717, 1.165) is 73.7 Å². The lowest BCUT2D eigenvalue weighted by molar-refractivity contribution is -0.138. The number of benzene rings is 1. The molecule has 2 aliphatic rings. The van der Waals surface area contributed by atoms with Crippen molar-refractivity contribution in [2.24, 2.45) is 11.8 Å². The molecule has 0 spiro atoms. The third-order valence-corrected chi connectivity index (χ3v) is 8.57. The molecule has 2 aromatic heterocycles. The van der Waals surface area contributed by atoms with Gasteiger partial charge in [-0.3, -0.25) is 9.69 Å². The predicted molar refractivity (Wildman–Crippen MR) is 147 cm³/mol. The molecule has 0 aliphatic carbocycles. The van der Waals surface area contributed by atoms with Crippen molar-refractivity contribution in [2.75, 3.05) is 31.1 Å². The molecule has 4 heterocycles. The Morgan fingerprint density at radius 2 is 2.03 bits per heavy atom. The summed E-state index contributed by atoms with van der Waals surface area (Å²) >= 11 is 12.6. The topological polar surface area (TPSA) is 87.4 Å². The van der Waals surface area contributed by atoms with Crippen molar-refractivity contribution >= 4 is 46.2 Å². The van der Waals surface area contributed by atoms with Gasteiger partial charge in [-0.1, -0.05) is 36.2 Å². The van der Waals surface area contributed by atoms with Crippen LogP contribution in [0.3, 0.4) is 0 Å². The Balaban J connectivity index is 1.35. The molecule has 4 atom stereocenters. The van der Waals surface area contributed by atoms with Crippen LogP contribution in [0.1, 0.15) is 56.8 Å². The summed E-state index contributed by atoms with van der Waals surface area (Å²) in [5.74, 6) is 0.860. The molecular weight excluding hydrogens is 511 g/mol. The molecule has 2 aliphatic heterocycles. The minimum absolute atomic E-state index is 0.131. The largest absolute Gasteiger partial charge is 0.481 e. The van der Waals surface area contributed by atoms with Crippen LogP contribution >= 0.6 is 23.2 Å². The highest BCUT2D eigenvalue weighted by Gasteiger charge is 2.34. The molecule has 0 radical (unpaired) electrons. The van der Waals surface area contributed by atoms with E-state index in [-0.39, 0.29) is 18.4 Å². The van der Waals surface area contributed by atoms with Gasteiger partial charge in [0.2, 0.25) is 0 Å². The predicted octanol–water partition coefficient (Wildman–Crippen LogP) is 5.45. The van der Waals surface area contributed by atoms with E-state index in [1.165, 1.54) is 0 Å². The molecular formula is C27H34Cl2N6O2. The van der Waals surface area contributed by atoms with Gasteiger partial charge in [0.1, 0.15) is 11.3 Å². The second-order valence-corrected chi connectivity index (χ2v) is 11.5. The molecule has 0 bridgehead atoms. The summed E-state index contributed by atoms with van der Waals surface area (Å²) in [4.78, 5) is 25.9. The van der Waals surface area contributed by atoms with Gasteiger partial charge in [-0.05, 0) is 69.2 Å². The number of halogens is 2. The average molecular weight is 546 g/mol. The molecule has 0 amide bonds. The van der Waals surface area contributed by atoms with Crippen LogP contribution in [0.2, 0.25) is 10.0 Å². The number of hydrogen-bond donors (Lipinski definition) is 1. The Morgan fingerprint density at radius 3 is 2.76 bits per heavy atom. The number of rotatable bonds is 6. The Hall–Kier alpha value is -2.42. The molecule has 1 N–H and O–H groups in total. The van der Waals surface area contributed by atoms with Gasteiger partial charge in [0, 0.05) is 42.1 Å². The van der Waals surface area contributed by atoms with Crippen LogP contribution in [0, 0.1) is 18.8 Å². The maximum absolute atomic E-state index is 11.2. The van der Waals surface area contributed by atoms with Gasteiger partial charge in [-0.2, -0.15) is 5.10 Å². The number of nitrogens with zero attached hydrogens (tertiary/aromatic N) is 6. The zero-order valence-electron chi connectivity index (χ0n) is 21.6. The van der Waals surface area contributed by atoms with E-state index >= 15 is 0 Å². The number of aryl methyl sites for hydroxylation is 1. The number of likely N-dealkylation sites (tertiary alicyclic amines) is 1. The number of anilines is 1. The van der Waals surface area contributed by atoms with Crippen molar-refractivity contribution in [1.29, 1.82) is 0 Å². The van der Waals surface area contributed by atoms with Crippen molar-refractivity contribution < 1.29 is 9.90 Å². The maximum Gasteiger partial charge on any atom is 0.303 e. The highest BCUT2D eigenvalue weighted by molar-refractivity contribution is 6.35. The Morgan fingerprint density at radius 1 is 1.22 bits per heavy atom. The van der Waals surface area contributed by atoms with Crippen LogP contribution < -0.4 is 4.90 Å². The molecule has 10 heteroatoms. The number of fused-ring (bicyclic) bond motifs is 1. The molecule has 2 fully saturated rings. The first-order valence-corrected chi connectivity index (χ1v) is 13.8. The molecule has 5 rings (SSSR count). The number of carboxylic acids is 1. The summed E-state index contributed by atoms with van der Waals surface area (Å²) in [6.45, 7) is 10.0. The van der Waals surface area contributed by atoms with Crippen LogP contribution in [-0.2, 0) is 4.79 Å². The van der Waals surface area contributed by atoms with E-state index in [4.69, 9.17) is 38.3 Å². The summed E-state index contributed by atoms with van der Waals surface area (Å²) in [7, 11) is 0. The minimum atomic E-state index is -0.689. The van der Waals surface area contributed by atoms with Gasteiger partial charge in [0.05, 0.1) is 17.9 Å². The number of piperidine rings is 2. The van der Waals surface area contributed by atoms with Crippen molar-refractivity contribution in [3.63, 3.8) is 0 Å². The van der Waals surface area contributed by atoms with E-state index in [1.807, 2.05) is 29.9 Å². The normalized spacial score (nSPS) is 23.9. The molecule has 2 saturated heterocycles. The average Bonchev–Trinajstić information content (AvgIpc) is 3.19. The van der Waals surface area contributed by atoms with Crippen molar-refractivity contribution in [3.8, 4) is 0 Å². The Kier molecular flexibility index (Phi) is 7.61. The van der Waals surface area contributed by atoms with Gasteiger partial charge in [-0.15, -0.1) is 0 Å². The van der Waals surface area contributed by atoms with Crippen LogP contribution in [0.5, 0.6) is 0 Å². The van der Waals surface area contributed by atoms with E-state index in [2.05, 4.69) is 23.6 Å². The van der Waals surface area contributed by atoms with Crippen molar-refractivity contribution in [2.45, 2.75) is 58.5 Å². The SMILES string of the molecule is Cc1nn(C(C)c2ccc(Cl)cc2Cl)c2nc(N3CC[C@H](N4CCCC(CC(=O)O)C4)[C@H](C)C3)cnc12. The molecule has 37 heavy (non-hydrogen) atoms. The number of carbonyl (C=O) groups is 1. The molecule has 2 unspecified atom stereocenters. The lowest BCUT2D eigenvalue weighted by atomic mass is 9.87. The number of carboxylic acid groups (broad SMARTS) is 1. The van der Waals surface area contributed by atoms with E-state index in [1.54, 1.807) is 6.07 Å². The third-order valence-electron chi connectivity index (χ3n) is 8.00. The van der Waals surface area contributed by atoms with Gasteiger partial charge in [0.25, 0.3) is 0 Å². The molecule has 1 aromatic carbocycles. The zero-order chi connectivity index (χ0) is 26.3. The first-order chi connectivity index (χ1) is 17.7. The summed E-state index contributed by atoms with van der Waals surface area (Å²) in [6.07, 6.45) is 5.24. The summed E-state index contributed by atoms with van der Waals surface area (Å²) in [5, 5.41) is 15.2. The van der Waals surface area contributed by atoms with Crippen LogP contribution in [-0.4, -0.2) is 67.9 Å². The smallest absolute Gasteiger partial charge is 0.303 e. The zero-order valence-corrected chi connectivity index (χ0v) is 23.1. The van der Waals surface area contributed by atoms with Crippen LogP contribution in [0.25, 0.3) is 11.2 Å². The van der Waals surface area contributed by atoms with Gasteiger partial charge in [0.15, 0.2) is 5.65 Å². The third kappa shape index (κ3) is 5.42. The highest BCUT2D eigenvalue weighted by atomic mass is 35.5. The van der Waals surface area contributed by atoms with Crippen molar-refractivity contribution in [1.82, 2.24) is 24.6 Å². The van der Waals surface area contributed by atoms with E-state index in [9.17, 15) is 9.90 Å². The monoisotopic (exact) mass is 544 g/mol. The minimum Gasteiger partial charge on any atom is -0.481 e. The van der Waals surface area contributed by atoms with Gasteiger partial charge in [-0.25, -0.2) is 14.6 Å². The summed E-state index contributed by atoms with van der Waals surface area (Å²) in [5.41, 5.74) is 3.30. The fourth-order valence-corrected chi connectivity index (χ4v) is 6.70. The lowest BCUT2D eigenvalue weighted by Gasteiger charge is -2.45. The quantitative estimate of drug-likeness (QED) is 0.441. The second kappa shape index (κ2) is 10.8. The first kappa shape index (κ1) is 26.2. The van der Waals surface area contributed by atoms with Gasteiger partial charge >= 0.3 is 5.97 Å². The number of aliphatic carboxylic acids is 1. The summed E-state index contributed by atoms with van der Waals surface area (Å²) in [6, 6.07) is 5.86. The number of hydrogen-bond acceptors (Lipinski definition) is 6. The second-order valence-electron chi connectivity index (χ2n) is 10.7. The molecule has 3 aromatic rings. The number of aromatic nitrogens is 4. The Labute approximate surface area is 227 Å². The van der Waals surface area contributed by atoms with Crippen molar-refractivity contribution in [3.05, 3.63) is 45.7 Å². The van der Waals surface area contributed by atoms with E-state index in [0.29, 0.717) is 22.0 Å². The van der Waals surface area contributed by atoms with Crippen LogP contribution in [0.15, 0.2) is 24.4 Å². The maximum atomic E-state index is 11.2. The molecule has 198 valence electrons. The fraction of sp³-hybridized carbons (Fsp3) is 0.556. The molecule has 0 saturated carbocycles.